The molecule has 0 atom stereocenters. The first kappa shape index (κ1) is 16.5. The second kappa shape index (κ2) is 7.29. The number of anilines is 1. The summed E-state index contributed by atoms with van der Waals surface area (Å²) in [4.78, 5) is 24.9. The Balaban J connectivity index is 2.77. The van der Waals surface area contributed by atoms with Gasteiger partial charge in [0.05, 0.1) is 0 Å². The van der Waals surface area contributed by atoms with Gasteiger partial charge in [0.1, 0.15) is 0 Å². The lowest BCUT2D eigenvalue weighted by Crippen LogP contribution is -2.39. The zero-order valence-electron chi connectivity index (χ0n) is 12.4. The van der Waals surface area contributed by atoms with E-state index in [1.165, 1.54) is 6.92 Å². The summed E-state index contributed by atoms with van der Waals surface area (Å²) >= 11 is 5.98. The summed E-state index contributed by atoms with van der Waals surface area (Å²) in [6.07, 6.45) is 0. The molecule has 0 saturated carbocycles. The van der Waals surface area contributed by atoms with E-state index in [0.717, 1.165) is 11.3 Å². The van der Waals surface area contributed by atoms with Gasteiger partial charge in [0, 0.05) is 36.6 Å². The third-order valence-corrected chi connectivity index (χ3v) is 3.24. The fourth-order valence-corrected chi connectivity index (χ4v) is 1.98. The maximum Gasteiger partial charge on any atom is 0.223 e. The minimum absolute atomic E-state index is 0.0173. The minimum Gasteiger partial charge on any atom is -0.354 e. The van der Waals surface area contributed by atoms with E-state index >= 15 is 0 Å². The molecule has 0 bridgehead atoms. The first-order valence-corrected chi connectivity index (χ1v) is 7.02. The van der Waals surface area contributed by atoms with Crippen LogP contribution in [0.4, 0.5) is 5.69 Å². The van der Waals surface area contributed by atoms with Crippen molar-refractivity contribution in [2.24, 2.45) is 5.92 Å². The van der Waals surface area contributed by atoms with Gasteiger partial charge < -0.3 is 10.2 Å². The molecule has 0 heterocycles. The molecule has 4 nitrogen and oxygen atoms in total. The minimum atomic E-state index is -0.0748. The van der Waals surface area contributed by atoms with Crippen LogP contribution in [-0.2, 0) is 9.59 Å². The van der Waals surface area contributed by atoms with Crippen molar-refractivity contribution >= 4 is 29.1 Å². The van der Waals surface area contributed by atoms with Crippen LogP contribution in [0.5, 0.6) is 0 Å². The summed E-state index contributed by atoms with van der Waals surface area (Å²) in [5.74, 6) is -0.154. The number of rotatable bonds is 5. The van der Waals surface area contributed by atoms with E-state index in [9.17, 15) is 9.59 Å². The van der Waals surface area contributed by atoms with Crippen molar-refractivity contribution in [3.63, 3.8) is 0 Å². The van der Waals surface area contributed by atoms with E-state index in [0.29, 0.717) is 18.1 Å². The molecule has 0 aromatic heterocycles. The zero-order chi connectivity index (χ0) is 15.3. The van der Waals surface area contributed by atoms with Gasteiger partial charge in [-0.15, -0.1) is 0 Å². The Morgan fingerprint density at radius 2 is 2.00 bits per heavy atom. The molecule has 0 aliphatic rings. The molecule has 2 amide bonds. The number of hydrogen-bond acceptors (Lipinski definition) is 2. The number of carbonyl (C=O) groups excluding carboxylic acids is 2. The molecule has 1 rings (SSSR count). The van der Waals surface area contributed by atoms with Gasteiger partial charge in [-0.2, -0.15) is 0 Å². The summed E-state index contributed by atoms with van der Waals surface area (Å²) in [6.45, 7) is 7.94. The molecule has 0 aliphatic heterocycles. The molecule has 0 aliphatic carbocycles. The number of hydrogen-bond donors (Lipinski definition) is 1. The summed E-state index contributed by atoms with van der Waals surface area (Å²) in [5.41, 5.74) is 1.75. The highest BCUT2D eigenvalue weighted by molar-refractivity contribution is 6.31. The molecule has 1 aromatic carbocycles. The predicted molar refractivity (Wildman–Crippen MR) is 82.1 cm³/mol. The van der Waals surface area contributed by atoms with Gasteiger partial charge >= 0.3 is 0 Å². The lowest BCUT2D eigenvalue weighted by atomic mass is 10.1. The Morgan fingerprint density at radius 3 is 2.55 bits per heavy atom. The Labute approximate surface area is 125 Å². The average Bonchev–Trinajstić information content (AvgIpc) is 2.37. The van der Waals surface area contributed by atoms with Crippen LogP contribution >= 0.6 is 11.6 Å². The zero-order valence-corrected chi connectivity index (χ0v) is 13.1. The lowest BCUT2D eigenvalue weighted by Gasteiger charge is -2.23. The number of carbonyl (C=O) groups is 2. The second-order valence-corrected chi connectivity index (χ2v) is 5.48. The lowest BCUT2D eigenvalue weighted by molar-refractivity contribution is -0.124. The van der Waals surface area contributed by atoms with Crippen molar-refractivity contribution in [2.45, 2.75) is 27.7 Å². The fourth-order valence-electron chi connectivity index (χ4n) is 1.82. The topological polar surface area (TPSA) is 49.4 Å². The van der Waals surface area contributed by atoms with E-state index in [4.69, 9.17) is 11.6 Å². The molecule has 1 aromatic rings. The highest BCUT2D eigenvalue weighted by atomic mass is 35.5. The standard InChI is InChI=1S/C15H21ClN2O2/c1-10(2)15(20)17-7-8-18(12(4)19)14-9-13(16)6-5-11(14)3/h5-6,9-10H,7-8H2,1-4H3,(H,17,20). The normalized spacial score (nSPS) is 10.5. The van der Waals surface area contributed by atoms with Crippen molar-refractivity contribution in [3.05, 3.63) is 28.8 Å². The number of benzene rings is 1. The summed E-state index contributed by atoms with van der Waals surface area (Å²) in [5, 5.41) is 3.39. The van der Waals surface area contributed by atoms with Gasteiger partial charge in [-0.1, -0.05) is 31.5 Å². The molecular weight excluding hydrogens is 276 g/mol. The SMILES string of the molecule is CC(=O)N(CCNC(=O)C(C)C)c1cc(Cl)ccc1C. The van der Waals surface area contributed by atoms with Crippen molar-refractivity contribution in [2.75, 3.05) is 18.0 Å². The van der Waals surface area contributed by atoms with Crippen LogP contribution in [0.1, 0.15) is 26.3 Å². The second-order valence-electron chi connectivity index (χ2n) is 5.05. The van der Waals surface area contributed by atoms with Crippen molar-refractivity contribution in [1.29, 1.82) is 0 Å². The Hall–Kier alpha value is -1.55. The van der Waals surface area contributed by atoms with Gasteiger partial charge in [0.25, 0.3) is 0 Å². The molecule has 0 spiro atoms. The Morgan fingerprint density at radius 1 is 1.35 bits per heavy atom. The largest absolute Gasteiger partial charge is 0.354 e. The quantitative estimate of drug-likeness (QED) is 0.908. The molecular formula is C15H21ClN2O2. The van der Waals surface area contributed by atoms with Crippen LogP contribution < -0.4 is 10.2 Å². The third-order valence-electron chi connectivity index (χ3n) is 3.00. The molecule has 0 unspecified atom stereocenters. The van der Waals surface area contributed by atoms with E-state index in [1.807, 2.05) is 26.8 Å². The van der Waals surface area contributed by atoms with Crippen molar-refractivity contribution < 1.29 is 9.59 Å². The molecule has 0 fully saturated rings. The number of nitrogens with one attached hydrogen (secondary N) is 1. The van der Waals surface area contributed by atoms with E-state index in [2.05, 4.69) is 5.32 Å². The first-order chi connectivity index (χ1) is 9.32. The molecule has 1 N–H and O–H groups in total. The number of amides is 2. The van der Waals surface area contributed by atoms with Crippen LogP contribution in [0.2, 0.25) is 5.02 Å². The van der Waals surface area contributed by atoms with Crippen LogP contribution in [0.25, 0.3) is 0 Å². The van der Waals surface area contributed by atoms with Gasteiger partial charge in [-0.3, -0.25) is 9.59 Å². The van der Waals surface area contributed by atoms with E-state index in [-0.39, 0.29) is 17.7 Å². The molecule has 110 valence electrons. The predicted octanol–water partition coefficient (Wildman–Crippen LogP) is 2.77. The Bertz CT molecular complexity index is 501. The molecule has 20 heavy (non-hydrogen) atoms. The number of halogens is 1. The monoisotopic (exact) mass is 296 g/mol. The van der Waals surface area contributed by atoms with Gasteiger partial charge in [0.2, 0.25) is 11.8 Å². The summed E-state index contributed by atoms with van der Waals surface area (Å²) in [7, 11) is 0. The smallest absolute Gasteiger partial charge is 0.223 e. The van der Waals surface area contributed by atoms with Crippen LogP contribution in [0.15, 0.2) is 18.2 Å². The molecule has 0 saturated heterocycles. The van der Waals surface area contributed by atoms with Crippen LogP contribution in [0, 0.1) is 12.8 Å². The molecule has 5 heteroatoms. The Kier molecular flexibility index (Phi) is 6.02. The van der Waals surface area contributed by atoms with E-state index < -0.39 is 0 Å². The van der Waals surface area contributed by atoms with E-state index in [1.54, 1.807) is 17.0 Å². The first-order valence-electron chi connectivity index (χ1n) is 6.65. The number of nitrogens with zero attached hydrogens (tertiary/aromatic N) is 1. The van der Waals surface area contributed by atoms with Gasteiger partial charge in [0.15, 0.2) is 0 Å². The molecule has 0 radical (unpaired) electrons. The maximum atomic E-state index is 11.8. The summed E-state index contributed by atoms with van der Waals surface area (Å²) < 4.78 is 0. The van der Waals surface area contributed by atoms with Crippen LogP contribution in [0.3, 0.4) is 0 Å². The van der Waals surface area contributed by atoms with Crippen LogP contribution in [-0.4, -0.2) is 24.9 Å². The maximum absolute atomic E-state index is 11.8. The summed E-state index contributed by atoms with van der Waals surface area (Å²) in [6, 6.07) is 5.43. The third kappa shape index (κ3) is 4.53. The van der Waals surface area contributed by atoms with Crippen molar-refractivity contribution in [3.8, 4) is 0 Å². The van der Waals surface area contributed by atoms with Crippen molar-refractivity contribution in [1.82, 2.24) is 5.32 Å². The van der Waals surface area contributed by atoms with Gasteiger partial charge in [-0.25, -0.2) is 0 Å². The highest BCUT2D eigenvalue weighted by Gasteiger charge is 2.15. The fraction of sp³-hybridized carbons (Fsp3) is 0.467. The highest BCUT2D eigenvalue weighted by Crippen LogP contribution is 2.24. The van der Waals surface area contributed by atoms with Gasteiger partial charge in [-0.05, 0) is 24.6 Å². The number of aryl methyl sites for hydroxylation is 1. The average molecular weight is 297 g/mol.